The highest BCUT2D eigenvalue weighted by Crippen LogP contribution is 2.22. The summed E-state index contributed by atoms with van der Waals surface area (Å²) in [6, 6.07) is 6.92. The average molecular weight is 354 g/mol. The van der Waals surface area contributed by atoms with Gasteiger partial charge in [-0.3, -0.25) is 4.98 Å². The van der Waals surface area contributed by atoms with E-state index in [9.17, 15) is 9.18 Å². The summed E-state index contributed by atoms with van der Waals surface area (Å²) in [5.41, 5.74) is 1.38. The Morgan fingerprint density at radius 1 is 1.23 bits per heavy atom. The van der Waals surface area contributed by atoms with Crippen LogP contribution in [0.5, 0.6) is 6.01 Å². The summed E-state index contributed by atoms with van der Waals surface area (Å²) in [4.78, 5) is 16.5. The van der Waals surface area contributed by atoms with Gasteiger partial charge in [0.05, 0.1) is 36.4 Å². The monoisotopic (exact) mass is 354 g/mol. The van der Waals surface area contributed by atoms with Crippen LogP contribution in [-0.4, -0.2) is 36.2 Å². The Hall–Kier alpha value is -3.49. The number of halogens is 1. The van der Waals surface area contributed by atoms with Crippen molar-refractivity contribution in [1.29, 1.82) is 0 Å². The van der Waals surface area contributed by atoms with Crippen LogP contribution < -0.4 is 10.4 Å². The quantitative estimate of drug-likeness (QED) is 0.559. The molecule has 0 atom stereocenters. The van der Waals surface area contributed by atoms with Gasteiger partial charge in [0.15, 0.2) is 0 Å². The van der Waals surface area contributed by atoms with Crippen LogP contribution in [-0.2, 0) is 6.54 Å². The zero-order valence-electron chi connectivity index (χ0n) is 14.1. The summed E-state index contributed by atoms with van der Waals surface area (Å²) in [5.74, 6) is -0.454. The lowest BCUT2D eigenvalue weighted by Crippen LogP contribution is -2.23. The largest absolute Gasteiger partial charge is 0.467 e. The second kappa shape index (κ2) is 6.10. The maximum absolute atomic E-state index is 13.5. The number of pyridine rings is 1. The number of hydrogen-bond acceptors (Lipinski definition) is 5. The Morgan fingerprint density at radius 3 is 2.77 bits per heavy atom. The lowest BCUT2D eigenvalue weighted by atomic mass is 10.2. The fourth-order valence-corrected chi connectivity index (χ4v) is 2.83. The molecule has 0 aliphatic heterocycles. The van der Waals surface area contributed by atoms with Crippen molar-refractivity contribution in [2.24, 2.45) is 0 Å². The van der Waals surface area contributed by atoms with E-state index >= 15 is 0 Å². The normalized spacial score (nSPS) is 11.2. The first-order valence-electron chi connectivity index (χ1n) is 7.96. The number of hydrogen-bond donors (Lipinski definition) is 0. The molecule has 132 valence electrons. The number of methoxy groups -OCH3 is 1. The first-order valence-corrected chi connectivity index (χ1v) is 7.96. The van der Waals surface area contributed by atoms with Gasteiger partial charge in [0.25, 0.3) is 0 Å². The van der Waals surface area contributed by atoms with E-state index in [0.717, 1.165) is 6.20 Å². The Kier molecular flexibility index (Phi) is 3.76. The molecule has 0 N–H and O–H groups in total. The molecule has 0 saturated carbocycles. The first-order chi connectivity index (χ1) is 12.6. The van der Waals surface area contributed by atoms with Crippen molar-refractivity contribution >= 4 is 10.9 Å². The van der Waals surface area contributed by atoms with Crippen molar-refractivity contribution < 1.29 is 9.13 Å². The highest BCUT2D eigenvalue weighted by molar-refractivity contribution is 5.87. The van der Waals surface area contributed by atoms with E-state index in [4.69, 9.17) is 4.74 Å². The molecule has 8 nitrogen and oxygen atoms in total. The Labute approximate surface area is 147 Å². The topological polar surface area (TPSA) is 79.8 Å². The van der Waals surface area contributed by atoms with E-state index in [1.54, 1.807) is 24.4 Å². The number of nitrogens with zero attached hydrogens (tertiary/aromatic N) is 6. The van der Waals surface area contributed by atoms with Crippen LogP contribution >= 0.6 is 0 Å². The molecule has 0 fully saturated rings. The minimum atomic E-state index is -0.454. The van der Waals surface area contributed by atoms with Gasteiger partial charge in [0.2, 0.25) is 0 Å². The van der Waals surface area contributed by atoms with Crippen molar-refractivity contribution in [2.75, 3.05) is 7.11 Å². The summed E-state index contributed by atoms with van der Waals surface area (Å²) in [6.07, 6.45) is 4.35. The maximum atomic E-state index is 13.5. The molecule has 0 aliphatic carbocycles. The first kappa shape index (κ1) is 16.0. The van der Waals surface area contributed by atoms with Gasteiger partial charge in [-0.05, 0) is 19.1 Å². The zero-order valence-corrected chi connectivity index (χ0v) is 14.1. The van der Waals surface area contributed by atoms with Gasteiger partial charge in [-0.25, -0.2) is 18.4 Å². The molecule has 0 unspecified atom stereocenters. The van der Waals surface area contributed by atoms with Gasteiger partial charge in [-0.1, -0.05) is 6.07 Å². The molecule has 3 heterocycles. The van der Waals surface area contributed by atoms with Crippen LogP contribution in [0.3, 0.4) is 0 Å². The molecule has 0 aliphatic rings. The van der Waals surface area contributed by atoms with Crippen molar-refractivity contribution in [3.05, 3.63) is 59.2 Å². The Morgan fingerprint density at radius 2 is 2.08 bits per heavy atom. The van der Waals surface area contributed by atoms with Crippen LogP contribution in [0.1, 0.15) is 6.92 Å². The van der Waals surface area contributed by atoms with Crippen LogP contribution in [0.2, 0.25) is 0 Å². The smallest absolute Gasteiger partial charge is 0.353 e. The highest BCUT2D eigenvalue weighted by atomic mass is 19.1. The molecule has 9 heteroatoms. The van der Waals surface area contributed by atoms with Crippen LogP contribution in [0.15, 0.2) is 47.7 Å². The summed E-state index contributed by atoms with van der Waals surface area (Å²) >= 11 is 0. The Balaban J connectivity index is 1.93. The second-order valence-electron chi connectivity index (χ2n) is 5.57. The maximum Gasteiger partial charge on any atom is 0.353 e. The molecule has 0 bridgehead atoms. The predicted octanol–water partition coefficient (Wildman–Crippen LogP) is 1.94. The highest BCUT2D eigenvalue weighted by Gasteiger charge is 2.17. The van der Waals surface area contributed by atoms with Gasteiger partial charge in [0, 0.05) is 24.2 Å². The van der Waals surface area contributed by atoms with Gasteiger partial charge in [-0.2, -0.15) is 9.78 Å². The number of benzene rings is 1. The average Bonchev–Trinajstić information content (AvgIpc) is 3.22. The molecular weight excluding hydrogens is 339 g/mol. The van der Waals surface area contributed by atoms with E-state index in [0.29, 0.717) is 28.8 Å². The molecule has 4 aromatic rings. The summed E-state index contributed by atoms with van der Waals surface area (Å²) < 4.78 is 22.9. The number of ether oxygens (including phenoxy) is 1. The van der Waals surface area contributed by atoms with Crippen molar-refractivity contribution in [2.45, 2.75) is 13.5 Å². The van der Waals surface area contributed by atoms with E-state index < -0.39 is 5.82 Å². The molecule has 0 saturated heterocycles. The summed E-state index contributed by atoms with van der Waals surface area (Å²) in [5, 5.41) is 9.39. The number of rotatable bonds is 4. The molecule has 1 aromatic carbocycles. The lowest BCUT2D eigenvalue weighted by molar-refractivity contribution is 0.355. The van der Waals surface area contributed by atoms with Crippen LogP contribution in [0, 0.1) is 5.82 Å². The van der Waals surface area contributed by atoms with Crippen molar-refractivity contribution in [3.8, 4) is 17.4 Å². The third-order valence-corrected chi connectivity index (χ3v) is 4.04. The van der Waals surface area contributed by atoms with Crippen LogP contribution in [0.4, 0.5) is 4.39 Å². The fourth-order valence-electron chi connectivity index (χ4n) is 2.83. The molecule has 3 aromatic heterocycles. The predicted molar refractivity (Wildman–Crippen MR) is 92.4 cm³/mol. The third-order valence-electron chi connectivity index (χ3n) is 4.04. The zero-order chi connectivity index (χ0) is 18.3. The van der Waals surface area contributed by atoms with E-state index in [2.05, 4.69) is 15.2 Å². The van der Waals surface area contributed by atoms with Gasteiger partial charge < -0.3 is 4.74 Å². The molecule has 0 radical (unpaired) electrons. The molecule has 4 rings (SSSR count). The fraction of sp³-hybridized carbons (Fsp3) is 0.176. The molecular formula is C17H15FN6O2. The minimum absolute atomic E-state index is 0.233. The standard InChI is InChI=1S/C17H15FN6O2/c1-3-22-16(26-2)21-24(17(22)25)15-6-4-5-14-13(15)10-23(20-14)12-7-11(18)8-19-9-12/h4-10H,3H2,1-2H3. The van der Waals surface area contributed by atoms with Gasteiger partial charge in [0.1, 0.15) is 5.82 Å². The van der Waals surface area contributed by atoms with Crippen LogP contribution in [0.25, 0.3) is 22.3 Å². The van der Waals surface area contributed by atoms with Gasteiger partial charge in [-0.15, -0.1) is 5.10 Å². The minimum Gasteiger partial charge on any atom is -0.467 e. The Bertz CT molecular complexity index is 1160. The number of fused-ring (bicyclic) bond motifs is 1. The van der Waals surface area contributed by atoms with E-state index in [1.807, 2.05) is 6.92 Å². The van der Waals surface area contributed by atoms with Crippen molar-refractivity contribution in [1.82, 2.24) is 29.1 Å². The van der Waals surface area contributed by atoms with E-state index in [1.165, 1.54) is 33.3 Å². The molecule has 0 amide bonds. The second-order valence-corrected chi connectivity index (χ2v) is 5.57. The molecule has 26 heavy (non-hydrogen) atoms. The van der Waals surface area contributed by atoms with Gasteiger partial charge >= 0.3 is 11.7 Å². The lowest BCUT2D eigenvalue weighted by Gasteiger charge is -2.00. The summed E-state index contributed by atoms with van der Waals surface area (Å²) in [6.45, 7) is 2.28. The summed E-state index contributed by atoms with van der Waals surface area (Å²) in [7, 11) is 1.47. The molecule has 0 spiro atoms. The third kappa shape index (κ3) is 2.44. The number of aromatic nitrogens is 6. The van der Waals surface area contributed by atoms with E-state index in [-0.39, 0.29) is 11.7 Å². The van der Waals surface area contributed by atoms with Crippen molar-refractivity contribution in [3.63, 3.8) is 0 Å². The SMILES string of the molecule is CCn1c(OC)nn(-c2cccc3nn(-c4cncc(F)c4)cc23)c1=O.